The lowest BCUT2D eigenvalue weighted by atomic mass is 9.97. The molecule has 3 heterocycles. The van der Waals surface area contributed by atoms with Crippen LogP contribution in [0.4, 0.5) is 0 Å². The SMILES string of the molecule is c1ccc(OCc2nc3c4c5c(sc4ncn3n2)CCCC5)cc1. The van der Waals surface area contributed by atoms with E-state index in [4.69, 9.17) is 9.72 Å². The number of nitrogens with zero attached hydrogens (tertiary/aromatic N) is 4. The first kappa shape index (κ1) is 13.9. The summed E-state index contributed by atoms with van der Waals surface area (Å²) in [5, 5.41) is 5.72. The van der Waals surface area contributed by atoms with Crippen LogP contribution in [0, 0.1) is 0 Å². The van der Waals surface area contributed by atoms with E-state index in [0.717, 1.165) is 22.6 Å². The molecule has 0 fully saturated rings. The van der Waals surface area contributed by atoms with Crippen LogP contribution in [0.15, 0.2) is 36.7 Å². The lowest BCUT2D eigenvalue weighted by Gasteiger charge is -2.09. The Morgan fingerprint density at radius 3 is 2.92 bits per heavy atom. The summed E-state index contributed by atoms with van der Waals surface area (Å²) in [4.78, 5) is 11.9. The Labute approximate surface area is 142 Å². The van der Waals surface area contributed by atoms with E-state index >= 15 is 0 Å². The molecule has 1 aliphatic rings. The molecule has 0 aliphatic heterocycles. The summed E-state index contributed by atoms with van der Waals surface area (Å²) < 4.78 is 7.56. The summed E-state index contributed by atoms with van der Waals surface area (Å²) in [6.45, 7) is 0.361. The summed E-state index contributed by atoms with van der Waals surface area (Å²) in [5.74, 6) is 1.51. The Hall–Kier alpha value is -2.47. The summed E-state index contributed by atoms with van der Waals surface area (Å²) in [6, 6.07) is 9.75. The molecule has 0 bridgehead atoms. The average Bonchev–Trinajstić information content (AvgIpc) is 3.21. The molecular formula is C18H16N4OS. The molecule has 3 aromatic heterocycles. The van der Waals surface area contributed by atoms with Gasteiger partial charge in [0, 0.05) is 4.88 Å². The van der Waals surface area contributed by atoms with Crippen molar-refractivity contribution < 1.29 is 4.74 Å². The van der Waals surface area contributed by atoms with Crippen LogP contribution < -0.4 is 4.74 Å². The van der Waals surface area contributed by atoms with Crippen LogP contribution in [0.2, 0.25) is 0 Å². The van der Waals surface area contributed by atoms with E-state index in [0.29, 0.717) is 12.4 Å². The highest BCUT2D eigenvalue weighted by atomic mass is 32.1. The van der Waals surface area contributed by atoms with E-state index < -0.39 is 0 Å². The van der Waals surface area contributed by atoms with Crippen molar-refractivity contribution in [2.45, 2.75) is 32.3 Å². The number of aromatic nitrogens is 4. The van der Waals surface area contributed by atoms with Gasteiger partial charge in [0.1, 0.15) is 23.5 Å². The molecule has 0 spiro atoms. The van der Waals surface area contributed by atoms with Crippen molar-refractivity contribution in [3.8, 4) is 5.75 Å². The third-order valence-electron chi connectivity index (χ3n) is 4.45. The molecule has 0 atom stereocenters. The van der Waals surface area contributed by atoms with Crippen LogP contribution in [-0.4, -0.2) is 19.6 Å². The van der Waals surface area contributed by atoms with Crippen LogP contribution >= 0.6 is 11.3 Å². The first-order valence-electron chi connectivity index (χ1n) is 8.21. The van der Waals surface area contributed by atoms with Gasteiger partial charge >= 0.3 is 0 Å². The van der Waals surface area contributed by atoms with Gasteiger partial charge in [0.05, 0.1) is 5.39 Å². The van der Waals surface area contributed by atoms with Crippen molar-refractivity contribution >= 4 is 27.2 Å². The van der Waals surface area contributed by atoms with Gasteiger partial charge in [-0.1, -0.05) is 18.2 Å². The number of fused-ring (bicyclic) bond motifs is 5. The van der Waals surface area contributed by atoms with Gasteiger partial charge in [-0.15, -0.1) is 16.4 Å². The summed E-state index contributed by atoms with van der Waals surface area (Å²) in [5.41, 5.74) is 2.34. The number of para-hydroxylation sites is 1. The molecule has 0 N–H and O–H groups in total. The number of hydrogen-bond acceptors (Lipinski definition) is 5. The highest BCUT2D eigenvalue weighted by Gasteiger charge is 2.20. The zero-order valence-corrected chi connectivity index (χ0v) is 13.9. The zero-order chi connectivity index (χ0) is 15.9. The van der Waals surface area contributed by atoms with Crippen molar-refractivity contribution in [1.29, 1.82) is 0 Å². The lowest BCUT2D eigenvalue weighted by Crippen LogP contribution is -1.99. The molecule has 5 rings (SSSR count). The summed E-state index contributed by atoms with van der Waals surface area (Å²) >= 11 is 1.81. The fourth-order valence-electron chi connectivity index (χ4n) is 3.32. The fraction of sp³-hybridized carbons (Fsp3) is 0.278. The molecule has 6 heteroatoms. The Kier molecular flexibility index (Phi) is 3.23. The molecule has 0 amide bonds. The van der Waals surface area contributed by atoms with Gasteiger partial charge in [-0.05, 0) is 43.4 Å². The van der Waals surface area contributed by atoms with E-state index in [2.05, 4.69) is 10.1 Å². The smallest absolute Gasteiger partial charge is 0.189 e. The second-order valence-electron chi connectivity index (χ2n) is 6.03. The number of ether oxygens (including phenoxy) is 1. The van der Waals surface area contributed by atoms with E-state index in [9.17, 15) is 0 Å². The Bertz CT molecular complexity index is 1020. The van der Waals surface area contributed by atoms with Crippen molar-refractivity contribution in [3.63, 3.8) is 0 Å². The minimum Gasteiger partial charge on any atom is -0.486 e. The molecule has 1 aromatic carbocycles. The third kappa shape index (κ3) is 2.26. The topological polar surface area (TPSA) is 52.3 Å². The molecule has 4 aromatic rings. The molecule has 0 unspecified atom stereocenters. The van der Waals surface area contributed by atoms with E-state index in [1.807, 2.05) is 41.7 Å². The highest BCUT2D eigenvalue weighted by Crippen LogP contribution is 2.36. The minimum absolute atomic E-state index is 0.361. The fourth-order valence-corrected chi connectivity index (χ4v) is 4.55. The van der Waals surface area contributed by atoms with Gasteiger partial charge in [0.15, 0.2) is 11.5 Å². The number of aryl methyl sites for hydroxylation is 2. The van der Waals surface area contributed by atoms with E-state index in [1.54, 1.807) is 10.8 Å². The largest absolute Gasteiger partial charge is 0.486 e. The molecule has 24 heavy (non-hydrogen) atoms. The Balaban J connectivity index is 1.55. The molecule has 0 saturated heterocycles. The Morgan fingerprint density at radius 2 is 2.00 bits per heavy atom. The van der Waals surface area contributed by atoms with Crippen LogP contribution in [0.3, 0.4) is 0 Å². The minimum atomic E-state index is 0.361. The molecule has 120 valence electrons. The van der Waals surface area contributed by atoms with Crippen LogP contribution in [0.1, 0.15) is 29.1 Å². The number of thiophene rings is 1. The first-order valence-corrected chi connectivity index (χ1v) is 9.02. The first-order chi connectivity index (χ1) is 11.9. The molecule has 0 saturated carbocycles. The average molecular weight is 336 g/mol. The lowest BCUT2D eigenvalue weighted by molar-refractivity contribution is 0.296. The number of rotatable bonds is 3. The second-order valence-corrected chi connectivity index (χ2v) is 7.12. The Morgan fingerprint density at radius 1 is 1.12 bits per heavy atom. The van der Waals surface area contributed by atoms with Crippen molar-refractivity contribution in [3.05, 3.63) is 52.9 Å². The van der Waals surface area contributed by atoms with Gasteiger partial charge in [0.2, 0.25) is 0 Å². The summed E-state index contributed by atoms with van der Waals surface area (Å²) in [7, 11) is 0. The van der Waals surface area contributed by atoms with Gasteiger partial charge in [-0.2, -0.15) is 0 Å². The van der Waals surface area contributed by atoms with E-state index in [1.165, 1.54) is 35.1 Å². The third-order valence-corrected chi connectivity index (χ3v) is 5.65. The molecule has 1 aliphatic carbocycles. The van der Waals surface area contributed by atoms with Crippen molar-refractivity contribution in [1.82, 2.24) is 19.6 Å². The maximum Gasteiger partial charge on any atom is 0.189 e. The standard InChI is InChI=1S/C18H16N4OS/c1-2-6-12(7-3-1)23-10-15-20-17-16-13-8-4-5-9-14(13)24-18(16)19-11-22(17)21-15/h1-3,6-7,11H,4-5,8-10H2. The number of benzene rings is 1. The van der Waals surface area contributed by atoms with Gasteiger partial charge in [-0.25, -0.2) is 14.5 Å². The van der Waals surface area contributed by atoms with Crippen LogP contribution in [0.25, 0.3) is 15.9 Å². The van der Waals surface area contributed by atoms with Crippen molar-refractivity contribution in [2.75, 3.05) is 0 Å². The molecule has 5 nitrogen and oxygen atoms in total. The summed E-state index contributed by atoms with van der Waals surface area (Å²) in [6.07, 6.45) is 6.58. The highest BCUT2D eigenvalue weighted by molar-refractivity contribution is 7.19. The second kappa shape index (κ2) is 5.56. The van der Waals surface area contributed by atoms with Gasteiger partial charge < -0.3 is 4.74 Å². The predicted octanol–water partition coefficient (Wildman–Crippen LogP) is 3.80. The van der Waals surface area contributed by atoms with Crippen molar-refractivity contribution in [2.24, 2.45) is 0 Å². The zero-order valence-electron chi connectivity index (χ0n) is 13.1. The van der Waals surface area contributed by atoms with E-state index in [-0.39, 0.29) is 0 Å². The van der Waals surface area contributed by atoms with Gasteiger partial charge in [-0.3, -0.25) is 0 Å². The maximum atomic E-state index is 5.77. The predicted molar refractivity (Wildman–Crippen MR) is 93.6 cm³/mol. The number of hydrogen-bond donors (Lipinski definition) is 0. The van der Waals surface area contributed by atoms with Gasteiger partial charge in [0.25, 0.3) is 0 Å². The molecular weight excluding hydrogens is 320 g/mol. The monoisotopic (exact) mass is 336 g/mol. The normalized spacial score (nSPS) is 14.2. The maximum absolute atomic E-state index is 5.77. The van der Waals surface area contributed by atoms with Crippen LogP contribution in [0.5, 0.6) is 5.75 Å². The molecule has 0 radical (unpaired) electrons. The quantitative estimate of drug-likeness (QED) is 0.571. The van der Waals surface area contributed by atoms with Crippen LogP contribution in [-0.2, 0) is 19.4 Å².